The lowest BCUT2D eigenvalue weighted by atomic mass is 10.4. The number of quaternary nitrogens is 1. The summed E-state index contributed by atoms with van der Waals surface area (Å²) in [4.78, 5) is 40.3. The predicted octanol–water partition coefficient (Wildman–Crippen LogP) is 0.180. The van der Waals surface area contributed by atoms with E-state index in [1.807, 2.05) is 0 Å². The fourth-order valence-corrected chi connectivity index (χ4v) is 1.52. The van der Waals surface area contributed by atoms with Crippen LogP contribution in [-0.4, -0.2) is 32.9 Å². The summed E-state index contributed by atoms with van der Waals surface area (Å²) in [5, 5.41) is 11.8. The highest BCUT2D eigenvalue weighted by molar-refractivity contribution is 5.92. The third-order valence-corrected chi connectivity index (χ3v) is 2.50. The molecule has 1 saturated heterocycles. The first-order valence-corrected chi connectivity index (χ1v) is 5.33. The number of nitrogens with two attached hydrogens (primary N) is 1. The van der Waals surface area contributed by atoms with E-state index in [1.165, 1.54) is 12.3 Å². The molecule has 2 rings (SSSR count). The van der Waals surface area contributed by atoms with Gasteiger partial charge in [0.05, 0.1) is 18.5 Å². The number of aromatic nitrogens is 1. The monoisotopic (exact) mass is 267 g/mol. The highest BCUT2D eigenvalue weighted by Gasteiger charge is 2.55. The molecular weight excluding hydrogens is 256 g/mol. The van der Waals surface area contributed by atoms with E-state index in [1.54, 1.807) is 6.07 Å². The highest BCUT2D eigenvalue weighted by atomic mass is 17.0. The number of rotatable bonds is 2. The lowest BCUT2D eigenvalue weighted by molar-refractivity contribution is -1.12. The fourth-order valence-electron chi connectivity index (χ4n) is 1.52. The van der Waals surface area contributed by atoms with E-state index in [0.29, 0.717) is 0 Å². The number of carbonyl (C=O) groups is 3. The smallest absolute Gasteiger partial charge is 0.396 e. The van der Waals surface area contributed by atoms with Gasteiger partial charge in [0.2, 0.25) is 0 Å². The van der Waals surface area contributed by atoms with Crippen LogP contribution in [0.2, 0.25) is 0 Å². The van der Waals surface area contributed by atoms with Gasteiger partial charge in [0.15, 0.2) is 5.82 Å². The van der Waals surface area contributed by atoms with E-state index in [9.17, 15) is 19.6 Å². The molecule has 0 bridgehead atoms. The number of nitrogens with one attached hydrogen (secondary N) is 1. The Hall–Kier alpha value is -2.52. The maximum atomic E-state index is 11.5. The number of pyridine rings is 1. The zero-order valence-electron chi connectivity index (χ0n) is 9.70. The Kier molecular flexibility index (Phi) is 3.15. The van der Waals surface area contributed by atoms with Gasteiger partial charge in [-0.25, -0.2) is 24.2 Å². The number of hydrogen-bond donors (Lipinski definition) is 3. The Morgan fingerprint density at radius 1 is 1.42 bits per heavy atom. The van der Waals surface area contributed by atoms with Crippen LogP contribution in [-0.2, 0) is 14.4 Å². The summed E-state index contributed by atoms with van der Waals surface area (Å²) in [7, 11) is 0. The van der Waals surface area contributed by atoms with Crippen LogP contribution in [0.4, 0.5) is 16.3 Å². The predicted molar refractivity (Wildman–Crippen MR) is 60.0 cm³/mol. The lowest BCUT2D eigenvalue weighted by Gasteiger charge is -2.15. The van der Waals surface area contributed by atoms with Crippen molar-refractivity contribution in [2.45, 2.75) is 12.8 Å². The fraction of sp³-hybridized carbons (Fsp3) is 0.200. The summed E-state index contributed by atoms with van der Waals surface area (Å²) >= 11 is 0. The van der Waals surface area contributed by atoms with Crippen molar-refractivity contribution < 1.29 is 29.2 Å². The van der Waals surface area contributed by atoms with E-state index in [0.717, 1.165) is 0 Å². The van der Waals surface area contributed by atoms with Gasteiger partial charge in [0.1, 0.15) is 4.81 Å². The number of carbonyl (C=O) groups excluding carboxylic acids is 3. The Morgan fingerprint density at radius 3 is 2.63 bits per heavy atom. The van der Waals surface area contributed by atoms with Crippen molar-refractivity contribution in [2.75, 3.05) is 11.1 Å². The molecule has 19 heavy (non-hydrogen) atoms. The van der Waals surface area contributed by atoms with Crippen molar-refractivity contribution in [2.24, 2.45) is 0 Å². The lowest BCUT2D eigenvalue weighted by Crippen LogP contribution is -2.51. The van der Waals surface area contributed by atoms with Crippen molar-refractivity contribution in [1.29, 1.82) is 0 Å². The van der Waals surface area contributed by atoms with Crippen LogP contribution >= 0.6 is 0 Å². The van der Waals surface area contributed by atoms with Crippen LogP contribution in [0, 0.1) is 0 Å². The molecule has 1 aliphatic heterocycles. The molecule has 4 N–H and O–H groups in total. The standard InChI is InChI=1S/C10H10N4O5/c11-6-2-1-5-12-9(6)13-10(17)19-14(18)7(15)3-4-8(14)16/h1-2,5,18H,3-4,11H2/p+1. The van der Waals surface area contributed by atoms with E-state index < -0.39 is 22.7 Å². The van der Waals surface area contributed by atoms with Gasteiger partial charge in [-0.15, -0.1) is 0 Å². The summed E-state index contributed by atoms with van der Waals surface area (Å²) < 4.78 is 0. The third-order valence-electron chi connectivity index (χ3n) is 2.50. The summed E-state index contributed by atoms with van der Waals surface area (Å²) in [6.45, 7) is 0. The summed E-state index contributed by atoms with van der Waals surface area (Å²) in [5.74, 6) is -1.82. The van der Waals surface area contributed by atoms with E-state index in [4.69, 9.17) is 5.73 Å². The van der Waals surface area contributed by atoms with Crippen LogP contribution in [0.15, 0.2) is 18.3 Å². The Morgan fingerprint density at radius 2 is 2.05 bits per heavy atom. The Balaban J connectivity index is 2.08. The number of amides is 3. The Bertz CT molecular complexity index is 543. The van der Waals surface area contributed by atoms with E-state index in [-0.39, 0.29) is 24.3 Å². The molecule has 100 valence electrons. The molecule has 0 unspecified atom stereocenters. The van der Waals surface area contributed by atoms with Gasteiger partial charge >= 0.3 is 17.9 Å². The Labute approximate surface area is 107 Å². The van der Waals surface area contributed by atoms with Gasteiger partial charge in [-0.05, 0) is 12.1 Å². The maximum absolute atomic E-state index is 11.5. The third kappa shape index (κ3) is 2.37. The number of hydroxylamine groups is 4. The van der Waals surface area contributed by atoms with E-state index in [2.05, 4.69) is 15.1 Å². The van der Waals surface area contributed by atoms with Gasteiger partial charge in [-0.3, -0.25) is 5.32 Å². The van der Waals surface area contributed by atoms with Crippen LogP contribution in [0.1, 0.15) is 12.8 Å². The number of nitrogen functional groups attached to an aromatic ring is 1. The van der Waals surface area contributed by atoms with Gasteiger partial charge < -0.3 is 5.73 Å². The molecule has 1 aliphatic rings. The minimum atomic E-state index is -1.99. The van der Waals surface area contributed by atoms with Crippen molar-refractivity contribution in [3.8, 4) is 0 Å². The average Bonchev–Trinajstić information content (AvgIpc) is 2.60. The molecule has 9 nitrogen and oxygen atoms in total. The topological polar surface area (TPSA) is 132 Å². The van der Waals surface area contributed by atoms with Crippen molar-refractivity contribution >= 4 is 29.4 Å². The number of hydrogen-bond acceptors (Lipinski definition) is 7. The number of anilines is 2. The number of imide groups is 1. The number of nitrogens with zero attached hydrogens (tertiary/aromatic N) is 2. The maximum Gasteiger partial charge on any atom is 0.473 e. The van der Waals surface area contributed by atoms with Crippen LogP contribution in [0.25, 0.3) is 0 Å². The molecule has 1 aromatic heterocycles. The first-order valence-electron chi connectivity index (χ1n) is 5.33. The second-order valence-corrected chi connectivity index (χ2v) is 3.81. The van der Waals surface area contributed by atoms with Gasteiger partial charge in [0, 0.05) is 6.20 Å². The zero-order valence-corrected chi connectivity index (χ0v) is 9.70. The summed E-state index contributed by atoms with van der Waals surface area (Å²) in [6.07, 6.45) is -0.208. The molecule has 0 radical (unpaired) electrons. The molecule has 2 heterocycles. The molecule has 0 spiro atoms. The second-order valence-electron chi connectivity index (χ2n) is 3.81. The molecule has 0 aliphatic carbocycles. The van der Waals surface area contributed by atoms with Crippen molar-refractivity contribution in [1.82, 2.24) is 4.98 Å². The summed E-state index contributed by atoms with van der Waals surface area (Å²) in [6, 6.07) is 3.04. The molecule has 0 saturated carbocycles. The van der Waals surface area contributed by atoms with E-state index >= 15 is 0 Å². The first-order chi connectivity index (χ1) is 8.93. The minimum Gasteiger partial charge on any atom is -0.396 e. The first kappa shape index (κ1) is 12.9. The normalized spacial score (nSPS) is 17.3. The van der Waals surface area contributed by atoms with Gasteiger partial charge in [0.25, 0.3) is 0 Å². The van der Waals surface area contributed by atoms with Crippen molar-refractivity contribution in [3.05, 3.63) is 18.3 Å². The molecule has 0 atom stereocenters. The second kappa shape index (κ2) is 4.63. The molecule has 0 aromatic carbocycles. The van der Waals surface area contributed by atoms with Gasteiger partial charge in [-0.2, -0.15) is 5.21 Å². The zero-order chi connectivity index (χ0) is 14.0. The molecule has 1 aromatic rings. The van der Waals surface area contributed by atoms with Crippen LogP contribution in [0.5, 0.6) is 0 Å². The van der Waals surface area contributed by atoms with Crippen LogP contribution in [0.3, 0.4) is 0 Å². The minimum absolute atomic E-state index is 0.00167. The van der Waals surface area contributed by atoms with Gasteiger partial charge in [-0.1, -0.05) is 0 Å². The quantitative estimate of drug-likeness (QED) is 0.395. The van der Waals surface area contributed by atoms with Crippen LogP contribution < -0.4 is 11.1 Å². The SMILES string of the molecule is Nc1cccnc1NC(=O)O[N+]1(O)C(=O)CCC1=O. The summed E-state index contributed by atoms with van der Waals surface area (Å²) in [5.41, 5.74) is 5.70. The molecule has 3 amide bonds. The molecule has 1 fully saturated rings. The average molecular weight is 267 g/mol. The molecule has 9 heteroatoms. The molecular formula is C10H11N4O5+. The largest absolute Gasteiger partial charge is 0.473 e. The highest BCUT2D eigenvalue weighted by Crippen LogP contribution is 2.21. The van der Waals surface area contributed by atoms with Crippen molar-refractivity contribution in [3.63, 3.8) is 0 Å².